The van der Waals surface area contributed by atoms with Crippen LogP contribution in [0.3, 0.4) is 0 Å². The summed E-state index contributed by atoms with van der Waals surface area (Å²) in [7, 11) is 0. The maximum atomic E-state index is 5.63. The molecule has 0 amide bonds. The van der Waals surface area contributed by atoms with Gasteiger partial charge in [0.2, 0.25) is 5.89 Å². The van der Waals surface area contributed by atoms with Gasteiger partial charge in [0.15, 0.2) is 5.96 Å². The van der Waals surface area contributed by atoms with Gasteiger partial charge in [-0.15, -0.1) is 24.0 Å². The molecule has 1 atom stereocenters. The third-order valence-corrected chi connectivity index (χ3v) is 4.89. The largest absolute Gasteiger partial charge is 0.444 e. The lowest BCUT2D eigenvalue weighted by atomic mass is 10.1. The van der Waals surface area contributed by atoms with Crippen molar-refractivity contribution in [1.82, 2.24) is 20.5 Å². The summed E-state index contributed by atoms with van der Waals surface area (Å²) in [6.45, 7) is 13.4. The molecule has 0 aliphatic carbocycles. The van der Waals surface area contributed by atoms with Crippen LogP contribution >= 0.6 is 24.0 Å². The van der Waals surface area contributed by atoms with Crippen molar-refractivity contribution in [3.63, 3.8) is 0 Å². The zero-order valence-corrected chi connectivity index (χ0v) is 20.5. The molecule has 1 aromatic carbocycles. The third kappa shape index (κ3) is 7.88. The number of aryl methyl sites for hydroxylation is 1. The summed E-state index contributed by atoms with van der Waals surface area (Å²) < 4.78 is 11.0. The topological polar surface area (TPSA) is 74.9 Å². The number of nitrogens with zero attached hydrogens (tertiary/aromatic N) is 3. The van der Waals surface area contributed by atoms with Crippen LogP contribution in [0.2, 0.25) is 0 Å². The first-order valence-electron chi connectivity index (χ1n) is 10.5. The van der Waals surface area contributed by atoms with E-state index in [2.05, 4.69) is 58.4 Å². The molecule has 7 nitrogen and oxygen atoms in total. The molecule has 1 aliphatic heterocycles. The number of ether oxygens (including phenoxy) is 1. The molecule has 2 aromatic rings. The molecule has 0 saturated carbocycles. The summed E-state index contributed by atoms with van der Waals surface area (Å²) in [5, 5.41) is 6.75. The van der Waals surface area contributed by atoms with E-state index in [9.17, 15) is 0 Å². The van der Waals surface area contributed by atoms with Gasteiger partial charge < -0.3 is 19.8 Å². The molecule has 1 unspecified atom stereocenters. The number of nitrogens with one attached hydrogen (secondary N) is 2. The number of aromatic nitrogens is 1. The normalized spacial score (nSPS) is 16.0. The van der Waals surface area contributed by atoms with Gasteiger partial charge in [0, 0.05) is 38.3 Å². The van der Waals surface area contributed by atoms with Crippen LogP contribution in [-0.4, -0.2) is 61.8 Å². The standard InChI is InChI=1S/C22H33N5O2.HI/c1-4-23-22(24-13-18(3)15-27-9-11-28-12-10-27)25-14-20-16-29-21(26-20)19-7-5-17(2)6-8-19;/h5-8,16,18H,4,9-15H2,1-3H3,(H2,23,24,25);1H. The highest BCUT2D eigenvalue weighted by atomic mass is 127. The predicted octanol–water partition coefficient (Wildman–Crippen LogP) is 3.29. The Balaban J connectivity index is 0.00000320. The highest BCUT2D eigenvalue weighted by molar-refractivity contribution is 14.0. The van der Waals surface area contributed by atoms with Crippen LogP contribution in [0, 0.1) is 12.8 Å². The van der Waals surface area contributed by atoms with E-state index in [4.69, 9.17) is 9.15 Å². The van der Waals surface area contributed by atoms with Crippen LogP contribution in [0.15, 0.2) is 39.9 Å². The molecule has 2 N–H and O–H groups in total. The molecule has 3 rings (SSSR count). The van der Waals surface area contributed by atoms with Crippen LogP contribution in [0.25, 0.3) is 11.5 Å². The molecule has 1 aromatic heterocycles. The van der Waals surface area contributed by atoms with Crippen molar-refractivity contribution in [2.24, 2.45) is 10.9 Å². The fourth-order valence-corrected chi connectivity index (χ4v) is 3.27. The molecule has 1 aliphatic rings. The molecular weight excluding hydrogens is 493 g/mol. The fourth-order valence-electron chi connectivity index (χ4n) is 3.27. The van der Waals surface area contributed by atoms with Crippen molar-refractivity contribution >= 4 is 29.9 Å². The number of hydrogen-bond donors (Lipinski definition) is 2. The Morgan fingerprint density at radius 1 is 1.20 bits per heavy atom. The first-order valence-corrected chi connectivity index (χ1v) is 10.5. The van der Waals surface area contributed by atoms with E-state index in [1.807, 2.05) is 12.1 Å². The highest BCUT2D eigenvalue weighted by Crippen LogP contribution is 2.19. The van der Waals surface area contributed by atoms with Crippen LogP contribution < -0.4 is 10.6 Å². The average Bonchev–Trinajstić information content (AvgIpc) is 3.20. The zero-order valence-electron chi connectivity index (χ0n) is 18.2. The molecule has 0 bridgehead atoms. The minimum absolute atomic E-state index is 0. The van der Waals surface area contributed by atoms with Gasteiger partial charge in [-0.2, -0.15) is 0 Å². The van der Waals surface area contributed by atoms with E-state index in [1.54, 1.807) is 6.26 Å². The first-order chi connectivity index (χ1) is 14.1. The molecule has 166 valence electrons. The van der Waals surface area contributed by atoms with E-state index >= 15 is 0 Å². The van der Waals surface area contributed by atoms with Crippen molar-refractivity contribution in [3.05, 3.63) is 41.8 Å². The minimum atomic E-state index is 0. The quantitative estimate of drug-likeness (QED) is 0.312. The summed E-state index contributed by atoms with van der Waals surface area (Å²) in [5.74, 6) is 1.96. The number of morpholine rings is 1. The fraction of sp³-hybridized carbons (Fsp3) is 0.545. The van der Waals surface area contributed by atoms with Crippen LogP contribution in [-0.2, 0) is 11.3 Å². The summed E-state index contributed by atoms with van der Waals surface area (Å²) in [6, 6.07) is 8.16. The smallest absolute Gasteiger partial charge is 0.226 e. The average molecular weight is 527 g/mol. The maximum Gasteiger partial charge on any atom is 0.226 e. The van der Waals surface area contributed by atoms with Crippen molar-refractivity contribution in [1.29, 1.82) is 0 Å². The Morgan fingerprint density at radius 3 is 2.63 bits per heavy atom. The van der Waals surface area contributed by atoms with E-state index in [0.29, 0.717) is 18.4 Å². The number of rotatable bonds is 8. The second-order valence-electron chi connectivity index (χ2n) is 7.60. The molecule has 2 heterocycles. The lowest BCUT2D eigenvalue weighted by Gasteiger charge is -2.29. The van der Waals surface area contributed by atoms with Crippen molar-refractivity contribution in [2.45, 2.75) is 27.3 Å². The molecule has 1 fully saturated rings. The van der Waals surface area contributed by atoms with Crippen molar-refractivity contribution in [2.75, 3.05) is 45.9 Å². The Labute approximate surface area is 196 Å². The second kappa shape index (κ2) is 12.9. The lowest BCUT2D eigenvalue weighted by Crippen LogP contribution is -2.44. The molecule has 0 spiro atoms. The second-order valence-corrected chi connectivity index (χ2v) is 7.60. The van der Waals surface area contributed by atoms with Crippen LogP contribution in [0.1, 0.15) is 25.1 Å². The molecule has 1 saturated heterocycles. The van der Waals surface area contributed by atoms with Gasteiger partial charge in [0.25, 0.3) is 0 Å². The third-order valence-electron chi connectivity index (χ3n) is 4.89. The van der Waals surface area contributed by atoms with E-state index < -0.39 is 0 Å². The van der Waals surface area contributed by atoms with Gasteiger partial charge in [0.05, 0.1) is 19.8 Å². The Hall–Kier alpha value is -1.65. The van der Waals surface area contributed by atoms with Gasteiger partial charge >= 0.3 is 0 Å². The molecule has 0 radical (unpaired) electrons. The monoisotopic (exact) mass is 527 g/mol. The van der Waals surface area contributed by atoms with E-state index in [-0.39, 0.29) is 24.0 Å². The summed E-state index contributed by atoms with van der Waals surface area (Å²) in [6.07, 6.45) is 1.68. The van der Waals surface area contributed by atoms with Gasteiger partial charge in [-0.25, -0.2) is 9.98 Å². The summed E-state index contributed by atoms with van der Waals surface area (Å²) >= 11 is 0. The number of halogens is 1. The van der Waals surface area contributed by atoms with Crippen molar-refractivity contribution in [3.8, 4) is 11.5 Å². The van der Waals surface area contributed by atoms with E-state index in [1.165, 1.54) is 5.56 Å². The van der Waals surface area contributed by atoms with Gasteiger partial charge in [-0.05, 0) is 31.9 Å². The minimum Gasteiger partial charge on any atom is -0.444 e. The number of aliphatic imine (C=N–C) groups is 1. The number of hydrogen-bond acceptors (Lipinski definition) is 5. The van der Waals surface area contributed by atoms with Crippen LogP contribution in [0.4, 0.5) is 0 Å². The first kappa shape index (κ1) is 24.6. The number of oxazole rings is 1. The molecular formula is C22H34IN5O2. The number of benzene rings is 1. The zero-order chi connectivity index (χ0) is 20.5. The summed E-state index contributed by atoms with van der Waals surface area (Å²) in [5.41, 5.74) is 3.02. The van der Waals surface area contributed by atoms with Crippen LogP contribution in [0.5, 0.6) is 0 Å². The maximum absolute atomic E-state index is 5.63. The van der Waals surface area contributed by atoms with E-state index in [0.717, 1.165) is 63.2 Å². The SMILES string of the molecule is CCNC(=NCc1coc(-c2ccc(C)cc2)n1)NCC(C)CN1CCOCC1.I. The van der Waals surface area contributed by atoms with Gasteiger partial charge in [-0.3, -0.25) is 4.90 Å². The highest BCUT2D eigenvalue weighted by Gasteiger charge is 2.14. The Kier molecular flexibility index (Phi) is 10.6. The lowest BCUT2D eigenvalue weighted by molar-refractivity contribution is 0.0320. The van der Waals surface area contributed by atoms with Gasteiger partial charge in [-0.1, -0.05) is 24.6 Å². The predicted molar refractivity (Wildman–Crippen MR) is 131 cm³/mol. The van der Waals surface area contributed by atoms with Crippen molar-refractivity contribution < 1.29 is 9.15 Å². The molecule has 8 heteroatoms. The number of guanidine groups is 1. The molecule has 30 heavy (non-hydrogen) atoms. The Morgan fingerprint density at radius 2 is 1.93 bits per heavy atom. The van der Waals surface area contributed by atoms with Gasteiger partial charge in [0.1, 0.15) is 12.0 Å². The summed E-state index contributed by atoms with van der Waals surface area (Å²) in [4.78, 5) is 11.7. The Bertz CT molecular complexity index is 772.